The van der Waals surface area contributed by atoms with Crippen LogP contribution in [0.3, 0.4) is 0 Å². The maximum absolute atomic E-state index is 5.77. The van der Waals surface area contributed by atoms with Crippen LogP contribution in [0.1, 0.15) is 44.6 Å². The van der Waals surface area contributed by atoms with Crippen molar-refractivity contribution in [2.24, 2.45) is 0 Å². The van der Waals surface area contributed by atoms with E-state index in [1.165, 1.54) is 0 Å². The Morgan fingerprint density at radius 1 is 1.36 bits per heavy atom. The molecule has 5 heteroatoms. The summed E-state index contributed by atoms with van der Waals surface area (Å²) < 4.78 is 7.23. The largest absolute Gasteiger partial charge is 0.374 e. The highest BCUT2D eigenvalue weighted by molar-refractivity contribution is 6.16. The molecule has 0 aliphatic carbocycles. The zero-order valence-corrected chi connectivity index (χ0v) is 9.75. The van der Waals surface area contributed by atoms with Crippen LogP contribution in [-0.2, 0) is 10.6 Å². The number of methoxy groups -OCH3 is 1. The van der Waals surface area contributed by atoms with E-state index in [1.807, 2.05) is 11.5 Å². The Morgan fingerprint density at radius 3 is 2.43 bits per heavy atom. The minimum atomic E-state index is -0.0538. The lowest BCUT2D eigenvalue weighted by Gasteiger charge is -2.16. The van der Waals surface area contributed by atoms with Crippen LogP contribution in [0.5, 0.6) is 0 Å². The van der Waals surface area contributed by atoms with E-state index in [4.69, 9.17) is 16.3 Å². The van der Waals surface area contributed by atoms with Gasteiger partial charge in [0.2, 0.25) is 0 Å². The molecule has 0 fully saturated rings. The standard InChI is InChI=1S/C9H16ClN3O/c1-6(2)13-8(5-10)11-12-9(13)7(3)14-4/h6-7H,5H2,1-4H3. The van der Waals surface area contributed by atoms with Crippen molar-refractivity contribution in [1.29, 1.82) is 0 Å². The average molecular weight is 218 g/mol. The number of hydrogen-bond acceptors (Lipinski definition) is 3. The molecular weight excluding hydrogens is 202 g/mol. The quantitative estimate of drug-likeness (QED) is 0.727. The normalized spacial score (nSPS) is 13.6. The number of ether oxygens (including phenoxy) is 1. The van der Waals surface area contributed by atoms with Crippen LogP contribution in [0.2, 0.25) is 0 Å². The van der Waals surface area contributed by atoms with E-state index in [-0.39, 0.29) is 6.10 Å². The van der Waals surface area contributed by atoms with E-state index < -0.39 is 0 Å². The summed E-state index contributed by atoms with van der Waals surface area (Å²) in [4.78, 5) is 0. The SMILES string of the molecule is COC(C)c1nnc(CCl)n1C(C)C. The van der Waals surface area contributed by atoms with Crippen molar-refractivity contribution in [2.75, 3.05) is 7.11 Å². The second-order valence-corrected chi connectivity index (χ2v) is 3.72. The Bertz CT molecular complexity index is 298. The van der Waals surface area contributed by atoms with Crippen molar-refractivity contribution in [3.63, 3.8) is 0 Å². The Kier molecular flexibility index (Phi) is 3.89. The molecule has 14 heavy (non-hydrogen) atoms. The van der Waals surface area contributed by atoms with Crippen LogP contribution in [0.15, 0.2) is 0 Å². The third-order valence-corrected chi connectivity index (χ3v) is 2.38. The molecule has 1 atom stereocenters. The number of alkyl halides is 1. The predicted molar refractivity (Wildman–Crippen MR) is 55.4 cm³/mol. The van der Waals surface area contributed by atoms with Gasteiger partial charge in [-0.2, -0.15) is 0 Å². The number of halogens is 1. The zero-order valence-electron chi connectivity index (χ0n) is 8.99. The molecule has 1 unspecified atom stereocenters. The number of rotatable bonds is 4. The summed E-state index contributed by atoms with van der Waals surface area (Å²) in [5.74, 6) is 2.00. The Balaban J connectivity index is 3.10. The van der Waals surface area contributed by atoms with Gasteiger partial charge in [0, 0.05) is 13.2 Å². The summed E-state index contributed by atoms with van der Waals surface area (Å²) >= 11 is 5.77. The monoisotopic (exact) mass is 217 g/mol. The van der Waals surface area contributed by atoms with Crippen LogP contribution >= 0.6 is 11.6 Å². The van der Waals surface area contributed by atoms with Crippen molar-refractivity contribution in [1.82, 2.24) is 14.8 Å². The van der Waals surface area contributed by atoms with Crippen LogP contribution in [0, 0.1) is 0 Å². The van der Waals surface area contributed by atoms with Crippen molar-refractivity contribution in [3.8, 4) is 0 Å². The number of aromatic nitrogens is 3. The van der Waals surface area contributed by atoms with Gasteiger partial charge in [-0.05, 0) is 20.8 Å². The molecule has 0 radical (unpaired) electrons. The van der Waals surface area contributed by atoms with Crippen LogP contribution in [0.4, 0.5) is 0 Å². The third-order valence-electron chi connectivity index (χ3n) is 2.15. The lowest BCUT2D eigenvalue weighted by molar-refractivity contribution is 0.107. The molecule has 4 nitrogen and oxygen atoms in total. The summed E-state index contributed by atoms with van der Waals surface area (Å²) in [5, 5.41) is 8.11. The molecule has 1 rings (SSSR count). The van der Waals surface area contributed by atoms with Crippen molar-refractivity contribution in [2.45, 2.75) is 38.8 Å². The first-order valence-electron chi connectivity index (χ1n) is 4.64. The molecule has 0 bridgehead atoms. The molecular formula is C9H16ClN3O. The van der Waals surface area contributed by atoms with Crippen LogP contribution in [0.25, 0.3) is 0 Å². The van der Waals surface area contributed by atoms with E-state index in [0.717, 1.165) is 11.6 Å². The first-order chi connectivity index (χ1) is 6.61. The molecule has 0 saturated heterocycles. The maximum Gasteiger partial charge on any atom is 0.162 e. The smallest absolute Gasteiger partial charge is 0.162 e. The van der Waals surface area contributed by atoms with E-state index in [0.29, 0.717) is 11.9 Å². The molecule has 0 aromatic carbocycles. The molecule has 1 heterocycles. The topological polar surface area (TPSA) is 39.9 Å². The number of nitrogens with zero attached hydrogens (tertiary/aromatic N) is 3. The summed E-state index contributed by atoms with van der Waals surface area (Å²) in [7, 11) is 1.66. The highest BCUT2D eigenvalue weighted by atomic mass is 35.5. The summed E-state index contributed by atoms with van der Waals surface area (Å²) in [6.45, 7) is 6.09. The molecule has 80 valence electrons. The first-order valence-corrected chi connectivity index (χ1v) is 5.17. The van der Waals surface area contributed by atoms with Gasteiger partial charge in [-0.1, -0.05) is 0 Å². The fraction of sp³-hybridized carbons (Fsp3) is 0.778. The Hall–Kier alpha value is -0.610. The van der Waals surface area contributed by atoms with E-state index in [1.54, 1.807) is 7.11 Å². The summed E-state index contributed by atoms with van der Waals surface area (Å²) in [6, 6.07) is 0.298. The molecule has 1 aromatic heterocycles. The highest BCUT2D eigenvalue weighted by Gasteiger charge is 2.18. The van der Waals surface area contributed by atoms with Gasteiger partial charge < -0.3 is 9.30 Å². The molecule has 0 amide bonds. The van der Waals surface area contributed by atoms with Gasteiger partial charge in [-0.15, -0.1) is 21.8 Å². The predicted octanol–water partition coefficient (Wildman–Crippen LogP) is 2.31. The average Bonchev–Trinajstić information content (AvgIpc) is 2.59. The lowest BCUT2D eigenvalue weighted by Crippen LogP contribution is -2.12. The van der Waals surface area contributed by atoms with Gasteiger partial charge in [0.05, 0.1) is 5.88 Å². The second kappa shape index (κ2) is 4.75. The Labute approximate surface area is 89.2 Å². The van der Waals surface area contributed by atoms with Crippen molar-refractivity contribution < 1.29 is 4.74 Å². The minimum absolute atomic E-state index is 0.0538. The molecule has 1 aromatic rings. The van der Waals surface area contributed by atoms with Crippen LogP contribution < -0.4 is 0 Å². The maximum atomic E-state index is 5.77. The third kappa shape index (κ3) is 2.07. The molecule has 0 N–H and O–H groups in total. The van der Waals surface area contributed by atoms with Gasteiger partial charge in [-0.3, -0.25) is 0 Å². The lowest BCUT2D eigenvalue weighted by atomic mass is 10.3. The van der Waals surface area contributed by atoms with Crippen LogP contribution in [-0.4, -0.2) is 21.9 Å². The minimum Gasteiger partial charge on any atom is -0.374 e. The first kappa shape index (κ1) is 11.5. The van der Waals surface area contributed by atoms with Gasteiger partial charge >= 0.3 is 0 Å². The van der Waals surface area contributed by atoms with Gasteiger partial charge in [0.1, 0.15) is 11.9 Å². The molecule has 0 saturated carbocycles. The van der Waals surface area contributed by atoms with Crippen molar-refractivity contribution >= 4 is 11.6 Å². The second-order valence-electron chi connectivity index (χ2n) is 3.45. The fourth-order valence-corrected chi connectivity index (χ4v) is 1.56. The molecule has 0 aliphatic rings. The van der Waals surface area contributed by atoms with E-state index >= 15 is 0 Å². The number of hydrogen-bond donors (Lipinski definition) is 0. The summed E-state index contributed by atoms with van der Waals surface area (Å²) in [5.41, 5.74) is 0. The molecule has 0 aliphatic heterocycles. The van der Waals surface area contributed by atoms with Gasteiger partial charge in [0.15, 0.2) is 5.82 Å². The van der Waals surface area contributed by atoms with E-state index in [9.17, 15) is 0 Å². The fourth-order valence-electron chi connectivity index (χ4n) is 1.37. The Morgan fingerprint density at radius 2 is 2.00 bits per heavy atom. The van der Waals surface area contributed by atoms with Crippen molar-refractivity contribution in [3.05, 3.63) is 11.6 Å². The van der Waals surface area contributed by atoms with Gasteiger partial charge in [0.25, 0.3) is 0 Å². The molecule has 0 spiro atoms. The zero-order chi connectivity index (χ0) is 10.7. The summed E-state index contributed by atoms with van der Waals surface area (Å²) in [6.07, 6.45) is -0.0538. The van der Waals surface area contributed by atoms with Gasteiger partial charge in [-0.25, -0.2) is 0 Å². The highest BCUT2D eigenvalue weighted by Crippen LogP contribution is 2.20. The van der Waals surface area contributed by atoms with E-state index in [2.05, 4.69) is 24.0 Å².